The van der Waals surface area contributed by atoms with Gasteiger partial charge in [-0.3, -0.25) is 0 Å². The zero-order valence-electron chi connectivity index (χ0n) is 14.3. The van der Waals surface area contributed by atoms with Crippen molar-refractivity contribution in [2.24, 2.45) is 0 Å². The molecule has 0 amide bonds. The first-order chi connectivity index (χ1) is 10.9. The lowest BCUT2D eigenvalue weighted by atomic mass is 10.0. The van der Waals surface area contributed by atoms with E-state index in [4.69, 9.17) is 5.41 Å². The number of hydrogen-bond acceptors (Lipinski definition) is 3. The van der Waals surface area contributed by atoms with Gasteiger partial charge >= 0.3 is 0 Å². The number of aromatic hydroxyl groups is 1. The van der Waals surface area contributed by atoms with Crippen LogP contribution < -0.4 is 0 Å². The molecule has 0 bridgehead atoms. The number of thiol groups is 1. The summed E-state index contributed by atoms with van der Waals surface area (Å²) >= 11 is 4.09. The Bertz CT molecular complexity index is 609. The van der Waals surface area contributed by atoms with Gasteiger partial charge in [-0.25, -0.2) is 0 Å². The molecule has 2 nitrogen and oxygen atoms in total. The Morgan fingerprint density at radius 1 is 1.09 bits per heavy atom. The highest BCUT2D eigenvalue weighted by molar-refractivity contribution is 7.83. The molecule has 0 heterocycles. The summed E-state index contributed by atoms with van der Waals surface area (Å²) in [4.78, 5) is 0. The van der Waals surface area contributed by atoms with Gasteiger partial charge in [-0.05, 0) is 86.3 Å². The molecule has 1 aromatic carbocycles. The standard InChI is InChI=1S/C20H27NOS/c1-15(12-13-23)16(2)14-17(3)20(21)7-5-4-6-18-8-10-19(22)11-9-18/h8-14,21-23H,4-7H2,1-3H3/b13-12-,16-15+,17-14+,21-20?. The number of benzene rings is 1. The van der Waals surface area contributed by atoms with Gasteiger partial charge in [0.15, 0.2) is 0 Å². The van der Waals surface area contributed by atoms with Gasteiger partial charge in [-0.2, -0.15) is 12.6 Å². The van der Waals surface area contributed by atoms with Crippen LogP contribution in [0.3, 0.4) is 0 Å². The molecule has 23 heavy (non-hydrogen) atoms. The Morgan fingerprint density at radius 3 is 2.35 bits per heavy atom. The summed E-state index contributed by atoms with van der Waals surface area (Å²) in [5.41, 5.74) is 5.30. The molecule has 0 radical (unpaired) electrons. The van der Waals surface area contributed by atoms with Crippen LogP contribution in [0.15, 0.2) is 58.5 Å². The molecule has 1 aromatic rings. The molecule has 0 aliphatic carbocycles. The lowest BCUT2D eigenvalue weighted by Crippen LogP contribution is -1.99. The second-order valence-corrected chi connectivity index (χ2v) is 6.16. The van der Waals surface area contributed by atoms with E-state index in [-0.39, 0.29) is 0 Å². The number of aryl methyl sites for hydroxylation is 1. The molecule has 0 atom stereocenters. The molecule has 0 saturated carbocycles. The van der Waals surface area contributed by atoms with Crippen LogP contribution >= 0.6 is 12.6 Å². The number of nitrogens with one attached hydrogen (secondary N) is 1. The Hall–Kier alpha value is -1.74. The quantitative estimate of drug-likeness (QED) is 0.238. The smallest absolute Gasteiger partial charge is 0.115 e. The van der Waals surface area contributed by atoms with Crippen LogP contribution in [0, 0.1) is 5.41 Å². The third-order valence-corrected chi connectivity index (χ3v) is 4.08. The SMILES string of the molecule is C\C(=C/C(C)=C(C)/C=C\S)C(=N)CCCCc1ccc(O)cc1. The van der Waals surface area contributed by atoms with E-state index in [1.807, 2.05) is 32.1 Å². The maximum atomic E-state index is 9.26. The fourth-order valence-corrected chi connectivity index (χ4v) is 2.48. The number of phenols is 1. The van der Waals surface area contributed by atoms with Gasteiger partial charge in [0.05, 0.1) is 0 Å². The molecule has 0 saturated heterocycles. The number of unbranched alkanes of at least 4 members (excludes halogenated alkanes) is 1. The zero-order chi connectivity index (χ0) is 17.2. The summed E-state index contributed by atoms with van der Waals surface area (Å²) in [6.45, 7) is 6.11. The van der Waals surface area contributed by atoms with Gasteiger partial charge in [0.25, 0.3) is 0 Å². The Balaban J connectivity index is 2.44. The van der Waals surface area contributed by atoms with Crippen molar-refractivity contribution in [2.75, 3.05) is 0 Å². The molecule has 0 aromatic heterocycles. The fourth-order valence-electron chi connectivity index (χ4n) is 2.26. The van der Waals surface area contributed by atoms with Crippen molar-refractivity contribution in [1.82, 2.24) is 0 Å². The first-order valence-electron chi connectivity index (χ1n) is 7.96. The molecule has 0 fully saturated rings. The zero-order valence-corrected chi connectivity index (χ0v) is 15.2. The Labute approximate surface area is 145 Å². The molecular formula is C20H27NOS. The molecular weight excluding hydrogens is 302 g/mol. The highest BCUT2D eigenvalue weighted by atomic mass is 32.1. The third kappa shape index (κ3) is 7.38. The average Bonchev–Trinajstić information content (AvgIpc) is 2.53. The number of hydrogen-bond donors (Lipinski definition) is 3. The van der Waals surface area contributed by atoms with E-state index in [1.54, 1.807) is 17.5 Å². The lowest BCUT2D eigenvalue weighted by Gasteiger charge is -2.06. The van der Waals surface area contributed by atoms with Gasteiger partial charge in [0, 0.05) is 5.71 Å². The minimum Gasteiger partial charge on any atom is -0.508 e. The first-order valence-corrected chi connectivity index (χ1v) is 8.48. The van der Waals surface area contributed by atoms with E-state index in [2.05, 4.69) is 25.6 Å². The van der Waals surface area contributed by atoms with Gasteiger partial charge in [-0.15, -0.1) is 0 Å². The van der Waals surface area contributed by atoms with Crippen LogP contribution in [-0.2, 0) is 6.42 Å². The van der Waals surface area contributed by atoms with Crippen molar-refractivity contribution in [1.29, 1.82) is 5.41 Å². The predicted octanol–water partition coefficient (Wildman–Crippen LogP) is 5.85. The van der Waals surface area contributed by atoms with Crippen molar-refractivity contribution in [3.8, 4) is 5.75 Å². The van der Waals surface area contributed by atoms with E-state index >= 15 is 0 Å². The van der Waals surface area contributed by atoms with Crippen molar-refractivity contribution < 1.29 is 5.11 Å². The summed E-state index contributed by atoms with van der Waals surface area (Å²) in [5, 5.41) is 19.2. The number of rotatable bonds is 8. The Morgan fingerprint density at radius 2 is 1.74 bits per heavy atom. The first kappa shape index (κ1) is 19.3. The lowest BCUT2D eigenvalue weighted by molar-refractivity contribution is 0.475. The maximum absolute atomic E-state index is 9.26. The number of allylic oxidation sites excluding steroid dienone is 5. The van der Waals surface area contributed by atoms with Crippen LogP contribution in [0.2, 0.25) is 0 Å². The molecule has 0 spiro atoms. The largest absolute Gasteiger partial charge is 0.508 e. The van der Waals surface area contributed by atoms with Crippen LogP contribution in [0.5, 0.6) is 5.75 Å². The molecule has 2 N–H and O–H groups in total. The van der Waals surface area contributed by atoms with Gasteiger partial charge in [0.1, 0.15) is 5.75 Å². The van der Waals surface area contributed by atoms with E-state index < -0.39 is 0 Å². The fraction of sp³-hybridized carbons (Fsp3) is 0.350. The maximum Gasteiger partial charge on any atom is 0.115 e. The number of phenolic OH excluding ortho intramolecular Hbond substituents is 1. The molecule has 0 aliphatic heterocycles. The Kier molecular flexibility index (Phi) is 8.49. The van der Waals surface area contributed by atoms with Gasteiger partial charge < -0.3 is 10.5 Å². The summed E-state index contributed by atoms with van der Waals surface area (Å²) in [6.07, 6.45) is 7.88. The van der Waals surface area contributed by atoms with E-state index in [1.165, 1.54) is 16.7 Å². The second-order valence-electron chi connectivity index (χ2n) is 5.86. The third-order valence-electron chi connectivity index (χ3n) is 3.93. The molecule has 0 aliphatic rings. The second kappa shape index (κ2) is 10.1. The highest BCUT2D eigenvalue weighted by Gasteiger charge is 2.02. The van der Waals surface area contributed by atoms with E-state index in [9.17, 15) is 5.11 Å². The minimum atomic E-state index is 0.308. The molecule has 3 heteroatoms. The van der Waals surface area contributed by atoms with Gasteiger partial charge in [-0.1, -0.05) is 24.3 Å². The van der Waals surface area contributed by atoms with Crippen LogP contribution in [0.4, 0.5) is 0 Å². The highest BCUT2D eigenvalue weighted by Crippen LogP contribution is 2.15. The summed E-state index contributed by atoms with van der Waals surface area (Å²) in [7, 11) is 0. The molecule has 1 rings (SSSR count). The van der Waals surface area contributed by atoms with Gasteiger partial charge in [0.2, 0.25) is 0 Å². The topological polar surface area (TPSA) is 44.1 Å². The van der Waals surface area contributed by atoms with Crippen LogP contribution in [0.1, 0.15) is 45.6 Å². The van der Waals surface area contributed by atoms with Crippen molar-refractivity contribution in [2.45, 2.75) is 46.5 Å². The predicted molar refractivity (Wildman–Crippen MR) is 104 cm³/mol. The minimum absolute atomic E-state index is 0.308. The van der Waals surface area contributed by atoms with E-state index in [0.717, 1.165) is 31.3 Å². The summed E-state index contributed by atoms with van der Waals surface area (Å²) < 4.78 is 0. The molecule has 0 unspecified atom stereocenters. The normalized spacial score (nSPS) is 13.3. The average molecular weight is 330 g/mol. The van der Waals surface area contributed by atoms with E-state index in [0.29, 0.717) is 11.5 Å². The summed E-state index contributed by atoms with van der Waals surface area (Å²) in [5.74, 6) is 0.308. The molecule has 124 valence electrons. The van der Waals surface area contributed by atoms with Crippen molar-refractivity contribution in [3.05, 3.63) is 64.1 Å². The monoisotopic (exact) mass is 329 g/mol. The van der Waals surface area contributed by atoms with Crippen molar-refractivity contribution >= 4 is 18.3 Å². The summed E-state index contributed by atoms with van der Waals surface area (Å²) in [6, 6.07) is 7.36. The van der Waals surface area contributed by atoms with Crippen molar-refractivity contribution in [3.63, 3.8) is 0 Å². The van der Waals surface area contributed by atoms with Crippen LogP contribution in [0.25, 0.3) is 0 Å². The van der Waals surface area contributed by atoms with Crippen LogP contribution in [-0.4, -0.2) is 10.8 Å².